The summed E-state index contributed by atoms with van der Waals surface area (Å²) < 4.78 is 26.7. The molecule has 1 aliphatic rings. The lowest BCUT2D eigenvalue weighted by Gasteiger charge is -2.17. The van der Waals surface area contributed by atoms with Gasteiger partial charge in [0.1, 0.15) is 12.4 Å². The summed E-state index contributed by atoms with van der Waals surface area (Å²) in [4.78, 5) is 12.0. The van der Waals surface area contributed by atoms with Gasteiger partial charge in [-0.3, -0.25) is 0 Å². The van der Waals surface area contributed by atoms with E-state index in [4.69, 9.17) is 23.7 Å². The number of hydrogen-bond donors (Lipinski definition) is 0. The van der Waals surface area contributed by atoms with Crippen molar-refractivity contribution in [2.75, 3.05) is 20.8 Å². The van der Waals surface area contributed by atoms with E-state index in [0.29, 0.717) is 13.0 Å². The minimum absolute atomic E-state index is 0.140. The average Bonchev–Trinajstić information content (AvgIpc) is 3.01. The Balaban J connectivity index is 1.94. The maximum absolute atomic E-state index is 12.0. The molecule has 0 radical (unpaired) electrons. The molecule has 0 N–H and O–H groups in total. The van der Waals surface area contributed by atoms with Crippen LogP contribution in [-0.4, -0.2) is 45.3 Å². The monoisotopic (exact) mass is 322 g/mol. The number of hydrogen-bond acceptors (Lipinski definition) is 6. The van der Waals surface area contributed by atoms with E-state index in [-0.39, 0.29) is 6.61 Å². The lowest BCUT2D eigenvalue weighted by molar-refractivity contribution is -0.173. The van der Waals surface area contributed by atoms with Gasteiger partial charge in [-0.2, -0.15) is 0 Å². The molecule has 1 aliphatic heterocycles. The van der Waals surface area contributed by atoms with Gasteiger partial charge in [0.25, 0.3) is 0 Å². The van der Waals surface area contributed by atoms with E-state index in [1.807, 2.05) is 24.3 Å². The van der Waals surface area contributed by atoms with Gasteiger partial charge in [-0.05, 0) is 17.7 Å². The molecule has 0 amide bonds. The molecule has 0 spiro atoms. The molecule has 6 nitrogen and oxygen atoms in total. The smallest absolute Gasteiger partial charge is 0.338 e. The van der Waals surface area contributed by atoms with Crippen LogP contribution in [0.2, 0.25) is 0 Å². The van der Waals surface area contributed by atoms with Crippen LogP contribution < -0.4 is 4.74 Å². The minimum atomic E-state index is -0.793. The molecule has 3 atom stereocenters. The Morgan fingerprint density at radius 3 is 2.70 bits per heavy atom. The first-order valence-corrected chi connectivity index (χ1v) is 7.38. The molecule has 1 fully saturated rings. The van der Waals surface area contributed by atoms with E-state index in [1.54, 1.807) is 7.11 Å². The number of methoxy groups -OCH3 is 2. The topological polar surface area (TPSA) is 63.2 Å². The van der Waals surface area contributed by atoms with Crippen molar-refractivity contribution in [2.24, 2.45) is 0 Å². The molecular weight excluding hydrogens is 300 g/mol. The fraction of sp³-hybridized carbons (Fsp3) is 0.471. The van der Waals surface area contributed by atoms with Crippen molar-refractivity contribution in [3.8, 4) is 5.75 Å². The molecule has 1 heterocycles. The number of carbonyl (C=O) groups excluding carboxylic acids is 1. The zero-order chi connectivity index (χ0) is 16.7. The maximum Gasteiger partial charge on any atom is 0.338 e. The van der Waals surface area contributed by atoms with Crippen molar-refractivity contribution < 1.29 is 28.5 Å². The summed E-state index contributed by atoms with van der Waals surface area (Å²) in [6, 6.07) is 7.54. The summed E-state index contributed by atoms with van der Waals surface area (Å²) in [5.41, 5.74) is 0.977. The van der Waals surface area contributed by atoms with Gasteiger partial charge < -0.3 is 23.7 Å². The third-order valence-electron chi connectivity index (χ3n) is 3.52. The van der Waals surface area contributed by atoms with Gasteiger partial charge in [-0.15, -0.1) is 0 Å². The van der Waals surface area contributed by atoms with Gasteiger partial charge in [0, 0.05) is 13.5 Å². The summed E-state index contributed by atoms with van der Waals surface area (Å²) >= 11 is 0. The fourth-order valence-electron chi connectivity index (χ4n) is 2.28. The Morgan fingerprint density at radius 2 is 2.09 bits per heavy atom. The number of benzene rings is 1. The van der Waals surface area contributed by atoms with Crippen molar-refractivity contribution in [3.05, 3.63) is 42.5 Å². The molecule has 0 aromatic heterocycles. The average molecular weight is 322 g/mol. The molecule has 23 heavy (non-hydrogen) atoms. The minimum Gasteiger partial charge on any atom is -0.497 e. The molecule has 1 aromatic rings. The van der Waals surface area contributed by atoms with Crippen molar-refractivity contribution in [3.63, 3.8) is 0 Å². The molecule has 0 unspecified atom stereocenters. The van der Waals surface area contributed by atoms with Crippen LogP contribution in [0.1, 0.15) is 12.0 Å². The number of carbonyl (C=O) groups is 1. The lowest BCUT2D eigenvalue weighted by Crippen LogP contribution is -2.34. The van der Waals surface area contributed by atoms with Gasteiger partial charge in [0.05, 0.1) is 19.8 Å². The molecule has 1 aromatic carbocycles. The van der Waals surface area contributed by atoms with Crippen LogP contribution in [-0.2, 0) is 30.3 Å². The molecular formula is C17H22O6. The van der Waals surface area contributed by atoms with E-state index in [0.717, 1.165) is 11.3 Å². The van der Waals surface area contributed by atoms with Crippen LogP contribution in [0.25, 0.3) is 0 Å². The largest absolute Gasteiger partial charge is 0.497 e. The molecule has 0 saturated carbocycles. The van der Waals surface area contributed by atoms with Gasteiger partial charge in [0.2, 0.25) is 0 Å². The normalized spacial score (nSPS) is 23.5. The van der Waals surface area contributed by atoms with Crippen molar-refractivity contribution in [1.29, 1.82) is 0 Å². The highest BCUT2D eigenvalue weighted by Gasteiger charge is 2.42. The summed E-state index contributed by atoms with van der Waals surface area (Å²) in [5.74, 6) is 0.312. The van der Waals surface area contributed by atoms with Gasteiger partial charge in [-0.25, -0.2) is 4.79 Å². The van der Waals surface area contributed by atoms with Crippen molar-refractivity contribution >= 4 is 5.97 Å². The van der Waals surface area contributed by atoms with E-state index < -0.39 is 24.5 Å². The maximum atomic E-state index is 12.0. The van der Waals surface area contributed by atoms with Crippen molar-refractivity contribution in [1.82, 2.24) is 0 Å². The summed E-state index contributed by atoms with van der Waals surface area (Å²) in [6.07, 6.45) is 0.295. The highest BCUT2D eigenvalue weighted by atomic mass is 16.7. The Kier molecular flexibility index (Phi) is 6.58. The first kappa shape index (κ1) is 17.5. The number of esters is 1. The second kappa shape index (κ2) is 8.67. The molecule has 126 valence electrons. The Bertz CT molecular complexity index is 512. The first-order valence-electron chi connectivity index (χ1n) is 7.38. The SMILES string of the molecule is C=CCOC(=O)[C@H]1O[C@H](OC)C[C@H]1OCc1ccc(OC)cc1. The lowest BCUT2D eigenvalue weighted by atomic mass is 10.1. The van der Waals surface area contributed by atoms with Gasteiger partial charge in [-0.1, -0.05) is 24.8 Å². The first-order chi connectivity index (χ1) is 11.2. The molecule has 0 bridgehead atoms. The van der Waals surface area contributed by atoms with Crippen LogP contribution in [0.4, 0.5) is 0 Å². The molecule has 2 rings (SSSR count). The Morgan fingerprint density at radius 1 is 1.35 bits per heavy atom. The van der Waals surface area contributed by atoms with E-state index in [1.165, 1.54) is 13.2 Å². The number of rotatable bonds is 8. The third-order valence-corrected chi connectivity index (χ3v) is 3.52. The Hall–Kier alpha value is -1.89. The molecule has 0 aliphatic carbocycles. The molecule has 6 heteroatoms. The fourth-order valence-corrected chi connectivity index (χ4v) is 2.28. The second-order valence-electron chi connectivity index (χ2n) is 5.07. The van der Waals surface area contributed by atoms with Crippen LogP contribution in [0.3, 0.4) is 0 Å². The highest BCUT2D eigenvalue weighted by molar-refractivity contribution is 5.76. The zero-order valence-corrected chi connectivity index (χ0v) is 13.4. The van der Waals surface area contributed by atoms with Gasteiger partial charge >= 0.3 is 5.97 Å². The van der Waals surface area contributed by atoms with E-state index >= 15 is 0 Å². The van der Waals surface area contributed by atoms with Crippen LogP contribution in [0.5, 0.6) is 5.75 Å². The summed E-state index contributed by atoms with van der Waals surface area (Å²) in [6.45, 7) is 4.02. The summed E-state index contributed by atoms with van der Waals surface area (Å²) in [5, 5.41) is 0. The van der Waals surface area contributed by atoms with Crippen molar-refractivity contribution in [2.45, 2.75) is 31.5 Å². The van der Waals surface area contributed by atoms with Crippen LogP contribution in [0.15, 0.2) is 36.9 Å². The van der Waals surface area contributed by atoms with Crippen LogP contribution in [0, 0.1) is 0 Å². The third kappa shape index (κ3) is 4.79. The quantitative estimate of drug-likeness (QED) is 0.539. The van der Waals surface area contributed by atoms with E-state index in [9.17, 15) is 4.79 Å². The van der Waals surface area contributed by atoms with E-state index in [2.05, 4.69) is 6.58 Å². The highest BCUT2D eigenvalue weighted by Crippen LogP contribution is 2.26. The molecule has 1 saturated heterocycles. The van der Waals surface area contributed by atoms with Gasteiger partial charge in [0.15, 0.2) is 12.4 Å². The summed E-state index contributed by atoms with van der Waals surface area (Å²) in [7, 11) is 3.15. The second-order valence-corrected chi connectivity index (χ2v) is 5.07. The number of ether oxygens (including phenoxy) is 5. The van der Waals surface area contributed by atoms with Crippen LogP contribution >= 0.6 is 0 Å². The predicted molar refractivity (Wildman–Crippen MR) is 83.0 cm³/mol. The Labute approximate surface area is 135 Å². The standard InChI is InChI=1S/C17H22O6/c1-4-9-21-17(18)16-14(10-15(20-3)23-16)22-11-12-5-7-13(19-2)8-6-12/h4-8,14-16H,1,9-11H2,2-3H3/t14-,15+,16+/m1/s1. The predicted octanol–water partition coefficient (Wildman–Crippen LogP) is 2.07. The zero-order valence-electron chi connectivity index (χ0n) is 13.4.